The number of carbonyl (C=O) groups is 1. The quantitative estimate of drug-likeness (QED) is 0.853. The molecule has 1 aliphatic carbocycles. The van der Waals surface area contributed by atoms with Gasteiger partial charge in [0.1, 0.15) is 11.4 Å². The molecule has 1 saturated carbocycles. The van der Waals surface area contributed by atoms with E-state index >= 15 is 0 Å². The molecule has 4 heteroatoms. The van der Waals surface area contributed by atoms with E-state index in [0.29, 0.717) is 24.6 Å². The van der Waals surface area contributed by atoms with E-state index in [4.69, 9.17) is 4.74 Å². The Kier molecular flexibility index (Phi) is 4.86. The van der Waals surface area contributed by atoms with E-state index < -0.39 is 5.54 Å². The molecule has 1 aromatic rings. The van der Waals surface area contributed by atoms with Crippen molar-refractivity contribution in [1.29, 1.82) is 0 Å². The monoisotopic (exact) mass is 293 g/mol. The molecule has 3 atom stereocenters. The Morgan fingerprint density at radius 3 is 2.76 bits per heavy atom. The summed E-state index contributed by atoms with van der Waals surface area (Å²) >= 11 is 0. The third-order valence-corrected chi connectivity index (χ3v) is 4.48. The zero-order valence-corrected chi connectivity index (χ0v) is 13.0. The highest BCUT2D eigenvalue weighted by Gasteiger charge is 2.48. The average Bonchev–Trinajstić information content (AvgIpc) is 2.45. The van der Waals surface area contributed by atoms with Crippen molar-refractivity contribution >= 4 is 11.7 Å². The summed E-state index contributed by atoms with van der Waals surface area (Å²) in [4.78, 5) is 12.6. The molecule has 3 unspecified atom stereocenters. The minimum absolute atomic E-state index is 0.104. The van der Waals surface area contributed by atoms with Crippen molar-refractivity contribution in [2.24, 2.45) is 11.8 Å². The highest BCUT2D eigenvalue weighted by molar-refractivity contribution is 5.85. The average molecular weight is 293 g/mol. The summed E-state index contributed by atoms with van der Waals surface area (Å²) in [6.07, 6.45) is 2.68. The maximum absolute atomic E-state index is 14.0. The van der Waals surface area contributed by atoms with E-state index in [1.54, 1.807) is 25.1 Å². The minimum atomic E-state index is -0.837. The Morgan fingerprint density at radius 1 is 1.38 bits per heavy atom. The SMILES string of the molecule is CCOC(=O)C1(Nc2ccccc2F)CC(C)CCC1C. The van der Waals surface area contributed by atoms with Gasteiger partial charge in [0.05, 0.1) is 12.3 Å². The molecule has 0 saturated heterocycles. The molecular weight excluding hydrogens is 269 g/mol. The van der Waals surface area contributed by atoms with Gasteiger partial charge in [-0.05, 0) is 43.7 Å². The molecule has 21 heavy (non-hydrogen) atoms. The standard InChI is InChI=1S/C17H24FNO2/c1-4-21-16(20)17(11-12(2)9-10-13(17)3)19-15-8-6-5-7-14(15)18/h5-8,12-13,19H,4,9-11H2,1-3H3. The topological polar surface area (TPSA) is 38.3 Å². The van der Waals surface area contributed by atoms with Crippen LogP contribution in [0.15, 0.2) is 24.3 Å². The summed E-state index contributed by atoms with van der Waals surface area (Å²) in [5.41, 5.74) is -0.470. The second kappa shape index (κ2) is 6.46. The van der Waals surface area contributed by atoms with E-state index in [0.717, 1.165) is 12.8 Å². The fourth-order valence-electron chi connectivity index (χ4n) is 3.21. The van der Waals surface area contributed by atoms with Gasteiger partial charge in [0.15, 0.2) is 0 Å². The predicted octanol–water partition coefficient (Wildman–Crippen LogP) is 4.00. The second-order valence-electron chi connectivity index (χ2n) is 6.08. The van der Waals surface area contributed by atoms with E-state index in [1.807, 2.05) is 6.92 Å². The molecule has 1 aliphatic rings. The van der Waals surface area contributed by atoms with Crippen molar-refractivity contribution in [2.75, 3.05) is 11.9 Å². The summed E-state index contributed by atoms with van der Waals surface area (Å²) in [5.74, 6) is -0.101. The highest BCUT2D eigenvalue weighted by atomic mass is 19.1. The molecule has 0 heterocycles. The van der Waals surface area contributed by atoms with Crippen LogP contribution in [-0.2, 0) is 9.53 Å². The maximum Gasteiger partial charge on any atom is 0.332 e. The first-order valence-corrected chi connectivity index (χ1v) is 7.69. The van der Waals surface area contributed by atoms with Crippen molar-refractivity contribution in [3.05, 3.63) is 30.1 Å². The van der Waals surface area contributed by atoms with Crippen molar-refractivity contribution in [2.45, 2.75) is 45.6 Å². The number of nitrogens with one attached hydrogen (secondary N) is 1. The Hall–Kier alpha value is -1.58. The van der Waals surface area contributed by atoms with Gasteiger partial charge in [-0.2, -0.15) is 0 Å². The number of hydrogen-bond acceptors (Lipinski definition) is 3. The number of hydrogen-bond donors (Lipinski definition) is 1. The lowest BCUT2D eigenvalue weighted by Crippen LogP contribution is -2.55. The normalized spacial score (nSPS) is 29.0. The number of anilines is 1. The molecule has 116 valence electrons. The third-order valence-electron chi connectivity index (χ3n) is 4.48. The molecule has 0 radical (unpaired) electrons. The lowest BCUT2D eigenvalue weighted by Gasteiger charge is -2.44. The van der Waals surface area contributed by atoms with Crippen LogP contribution in [0.2, 0.25) is 0 Å². The van der Waals surface area contributed by atoms with Gasteiger partial charge in [-0.1, -0.05) is 32.4 Å². The molecule has 0 bridgehead atoms. The third kappa shape index (κ3) is 3.20. The van der Waals surface area contributed by atoms with E-state index in [1.165, 1.54) is 6.07 Å². The number of carbonyl (C=O) groups excluding carboxylic acids is 1. The lowest BCUT2D eigenvalue weighted by molar-refractivity contribution is -0.152. The highest BCUT2D eigenvalue weighted by Crippen LogP contribution is 2.40. The fraction of sp³-hybridized carbons (Fsp3) is 0.588. The second-order valence-corrected chi connectivity index (χ2v) is 6.08. The van der Waals surface area contributed by atoms with Crippen LogP contribution in [0.5, 0.6) is 0 Å². The summed E-state index contributed by atoms with van der Waals surface area (Å²) < 4.78 is 19.3. The van der Waals surface area contributed by atoms with Gasteiger partial charge < -0.3 is 10.1 Å². The molecule has 1 fully saturated rings. The van der Waals surface area contributed by atoms with Crippen LogP contribution in [0.1, 0.15) is 40.0 Å². The molecular formula is C17H24FNO2. The molecule has 0 amide bonds. The van der Waals surface area contributed by atoms with Crippen molar-refractivity contribution in [3.63, 3.8) is 0 Å². The zero-order chi connectivity index (χ0) is 15.5. The summed E-state index contributed by atoms with van der Waals surface area (Å²) in [7, 11) is 0. The smallest absolute Gasteiger partial charge is 0.332 e. The van der Waals surface area contributed by atoms with E-state index in [9.17, 15) is 9.18 Å². The number of rotatable bonds is 4. The lowest BCUT2D eigenvalue weighted by atomic mass is 9.69. The van der Waals surface area contributed by atoms with E-state index in [-0.39, 0.29) is 17.7 Å². The Labute approximate surface area is 125 Å². The van der Waals surface area contributed by atoms with Crippen LogP contribution in [0, 0.1) is 17.7 Å². The number of ether oxygens (including phenoxy) is 1. The van der Waals surface area contributed by atoms with Gasteiger partial charge in [0.2, 0.25) is 0 Å². The van der Waals surface area contributed by atoms with Crippen LogP contribution in [0.4, 0.5) is 10.1 Å². The van der Waals surface area contributed by atoms with Crippen LogP contribution in [0.25, 0.3) is 0 Å². The van der Waals surface area contributed by atoms with Gasteiger partial charge in [0.25, 0.3) is 0 Å². The molecule has 0 aliphatic heterocycles. The Balaban J connectivity index is 2.36. The fourth-order valence-corrected chi connectivity index (χ4v) is 3.21. The molecule has 1 N–H and O–H groups in total. The van der Waals surface area contributed by atoms with Crippen LogP contribution in [-0.4, -0.2) is 18.1 Å². The Morgan fingerprint density at radius 2 is 2.10 bits per heavy atom. The summed E-state index contributed by atoms with van der Waals surface area (Å²) in [6, 6.07) is 6.48. The first kappa shape index (κ1) is 15.8. The van der Waals surface area contributed by atoms with Crippen LogP contribution < -0.4 is 5.32 Å². The zero-order valence-electron chi connectivity index (χ0n) is 13.0. The minimum Gasteiger partial charge on any atom is -0.464 e. The largest absolute Gasteiger partial charge is 0.464 e. The number of esters is 1. The van der Waals surface area contributed by atoms with E-state index in [2.05, 4.69) is 12.2 Å². The first-order chi connectivity index (χ1) is 9.99. The molecule has 1 aromatic carbocycles. The van der Waals surface area contributed by atoms with Gasteiger partial charge in [-0.3, -0.25) is 0 Å². The number of para-hydroxylation sites is 1. The molecule has 2 rings (SSSR count). The molecule has 3 nitrogen and oxygen atoms in total. The van der Waals surface area contributed by atoms with Crippen LogP contribution in [0.3, 0.4) is 0 Å². The van der Waals surface area contributed by atoms with Gasteiger partial charge in [-0.15, -0.1) is 0 Å². The molecule has 0 aromatic heterocycles. The van der Waals surface area contributed by atoms with Gasteiger partial charge >= 0.3 is 5.97 Å². The van der Waals surface area contributed by atoms with Crippen molar-refractivity contribution in [1.82, 2.24) is 0 Å². The summed E-state index contributed by atoms with van der Waals surface area (Å²) in [6.45, 7) is 6.30. The first-order valence-electron chi connectivity index (χ1n) is 7.69. The van der Waals surface area contributed by atoms with Crippen LogP contribution >= 0.6 is 0 Å². The van der Waals surface area contributed by atoms with Gasteiger partial charge in [-0.25, -0.2) is 9.18 Å². The predicted molar refractivity (Wildman–Crippen MR) is 81.6 cm³/mol. The van der Waals surface area contributed by atoms with Crippen molar-refractivity contribution in [3.8, 4) is 0 Å². The number of halogens is 1. The van der Waals surface area contributed by atoms with Crippen molar-refractivity contribution < 1.29 is 13.9 Å². The maximum atomic E-state index is 14.0. The molecule has 0 spiro atoms. The van der Waals surface area contributed by atoms with Gasteiger partial charge in [0, 0.05) is 0 Å². The Bertz CT molecular complexity index is 505. The summed E-state index contributed by atoms with van der Waals surface area (Å²) in [5, 5.41) is 3.18. The number of benzene rings is 1.